The van der Waals surface area contributed by atoms with E-state index in [1.807, 2.05) is 6.07 Å². The molecule has 12 nitrogen and oxygen atoms in total. The summed E-state index contributed by atoms with van der Waals surface area (Å²) in [5, 5.41) is 51.0. The summed E-state index contributed by atoms with van der Waals surface area (Å²) in [6, 6.07) is 6.78. The number of benzene rings is 2. The van der Waals surface area contributed by atoms with Gasteiger partial charge < -0.3 is 15.1 Å². The first-order valence-corrected chi connectivity index (χ1v) is 12.1. The molecule has 0 heterocycles. The van der Waals surface area contributed by atoms with E-state index in [0.717, 1.165) is 48.6 Å². The number of hydrogen-bond acceptors (Lipinski definition) is 10. The second-order valence-corrected chi connectivity index (χ2v) is 10.1. The summed E-state index contributed by atoms with van der Waals surface area (Å²) in [4.78, 5) is 21.3. The lowest BCUT2D eigenvalue weighted by atomic mass is 9.55. The predicted molar refractivity (Wildman–Crippen MR) is 135 cm³/mol. The largest absolute Gasteiger partial charge is 0.504 e. The van der Waals surface area contributed by atoms with Crippen LogP contribution in [0.4, 0.5) is 17.1 Å². The van der Waals surface area contributed by atoms with Crippen LogP contribution in [0.1, 0.15) is 56.1 Å². The molecule has 2 fully saturated rings. The van der Waals surface area contributed by atoms with Crippen molar-refractivity contribution in [2.24, 2.45) is 27.5 Å². The summed E-state index contributed by atoms with van der Waals surface area (Å²) in [6.07, 6.45) is 3.91. The van der Waals surface area contributed by atoms with Crippen LogP contribution in [-0.2, 0) is 0 Å². The maximum Gasteiger partial charge on any atom is 0.301 e. The number of aromatic hydroxyl groups is 1. The number of nitro benzene ring substituents is 2. The number of nitrogens with one attached hydrogen (secondary N) is 1. The molecule has 0 radical (unpaired) electrons. The first-order valence-electron chi connectivity index (χ1n) is 12.1. The van der Waals surface area contributed by atoms with Gasteiger partial charge in [0.05, 0.1) is 34.4 Å². The third kappa shape index (κ3) is 3.92. The van der Waals surface area contributed by atoms with Crippen molar-refractivity contribution >= 4 is 28.5 Å². The molecule has 3 aliphatic carbocycles. The van der Waals surface area contributed by atoms with Crippen molar-refractivity contribution in [2.45, 2.75) is 44.9 Å². The molecule has 3 aliphatic rings. The Morgan fingerprint density at radius 2 is 1.95 bits per heavy atom. The smallest absolute Gasteiger partial charge is 0.301 e. The second kappa shape index (κ2) is 9.02. The SMILES string of the molecule is COc1cc2c(cc1O)/C(=N/Nc1ccc([N+](=O)[O-])cc1[N+](=O)[O-])C[C@H]1C3CC/C(=N\O)[C@@]3(C)CC[C@H]21. The van der Waals surface area contributed by atoms with E-state index in [0.29, 0.717) is 17.9 Å². The van der Waals surface area contributed by atoms with Crippen LogP contribution in [0, 0.1) is 37.5 Å². The lowest BCUT2D eigenvalue weighted by Crippen LogP contribution is -2.43. The molecule has 1 unspecified atom stereocenters. The Kier molecular flexibility index (Phi) is 5.97. The first kappa shape index (κ1) is 24.5. The van der Waals surface area contributed by atoms with E-state index in [1.54, 1.807) is 6.07 Å². The van der Waals surface area contributed by atoms with Gasteiger partial charge in [-0.1, -0.05) is 12.1 Å². The average molecular weight is 510 g/mol. The number of fused-ring (bicyclic) bond motifs is 5. The monoisotopic (exact) mass is 509 g/mol. The minimum absolute atomic E-state index is 0.0218. The molecular weight excluding hydrogens is 482 g/mol. The predicted octanol–water partition coefficient (Wildman–Crippen LogP) is 5.18. The molecule has 0 spiro atoms. The topological polar surface area (TPSA) is 173 Å². The van der Waals surface area contributed by atoms with Gasteiger partial charge in [-0.2, -0.15) is 5.10 Å². The number of phenols is 1. The highest BCUT2D eigenvalue weighted by molar-refractivity contribution is 6.04. The number of oxime groups is 1. The highest BCUT2D eigenvalue weighted by Gasteiger charge is 2.54. The highest BCUT2D eigenvalue weighted by Crippen LogP contribution is 2.60. The quantitative estimate of drug-likeness (QED) is 0.281. The van der Waals surface area contributed by atoms with Crippen LogP contribution in [0.25, 0.3) is 0 Å². The van der Waals surface area contributed by atoms with E-state index in [2.05, 4.69) is 22.6 Å². The molecule has 0 saturated heterocycles. The van der Waals surface area contributed by atoms with E-state index in [-0.39, 0.29) is 34.6 Å². The molecule has 194 valence electrons. The number of hydrogen-bond donors (Lipinski definition) is 3. The maximum absolute atomic E-state index is 11.6. The van der Waals surface area contributed by atoms with Gasteiger partial charge in [-0.15, -0.1) is 0 Å². The molecule has 5 rings (SSSR count). The molecular formula is C25H27N5O7. The van der Waals surface area contributed by atoms with Crippen molar-refractivity contribution in [3.63, 3.8) is 0 Å². The van der Waals surface area contributed by atoms with E-state index >= 15 is 0 Å². The first-order chi connectivity index (χ1) is 17.7. The Morgan fingerprint density at radius 1 is 1.16 bits per heavy atom. The van der Waals surface area contributed by atoms with Gasteiger partial charge in [0.1, 0.15) is 5.69 Å². The van der Waals surface area contributed by atoms with Gasteiger partial charge in [0.2, 0.25) is 0 Å². The highest BCUT2D eigenvalue weighted by atomic mass is 16.6. The Morgan fingerprint density at radius 3 is 2.62 bits per heavy atom. The molecule has 37 heavy (non-hydrogen) atoms. The van der Waals surface area contributed by atoms with Gasteiger partial charge in [-0.3, -0.25) is 25.7 Å². The summed E-state index contributed by atoms with van der Waals surface area (Å²) in [7, 11) is 1.49. The van der Waals surface area contributed by atoms with Crippen molar-refractivity contribution in [1.82, 2.24) is 0 Å². The van der Waals surface area contributed by atoms with Crippen molar-refractivity contribution < 1.29 is 24.9 Å². The number of methoxy groups -OCH3 is 1. The normalized spacial score (nSPS) is 28.3. The van der Waals surface area contributed by atoms with Gasteiger partial charge in [0, 0.05) is 17.0 Å². The zero-order chi connectivity index (χ0) is 26.5. The van der Waals surface area contributed by atoms with Crippen LogP contribution in [0.2, 0.25) is 0 Å². The molecule has 2 saturated carbocycles. The fourth-order valence-corrected chi connectivity index (χ4v) is 6.66. The molecule has 2 aromatic rings. The Labute approximate surface area is 211 Å². The zero-order valence-corrected chi connectivity index (χ0v) is 20.4. The summed E-state index contributed by atoms with van der Waals surface area (Å²) < 4.78 is 5.38. The molecule has 0 bridgehead atoms. The Hall–Kier alpha value is -4.22. The van der Waals surface area contributed by atoms with Crippen LogP contribution in [0.5, 0.6) is 11.5 Å². The maximum atomic E-state index is 11.6. The third-order valence-corrected chi connectivity index (χ3v) is 8.49. The number of non-ortho nitro benzene ring substituents is 1. The van der Waals surface area contributed by atoms with Crippen LogP contribution in [-0.4, -0.2) is 38.7 Å². The fourth-order valence-electron chi connectivity index (χ4n) is 6.66. The summed E-state index contributed by atoms with van der Waals surface area (Å²) >= 11 is 0. The summed E-state index contributed by atoms with van der Waals surface area (Å²) in [6.45, 7) is 2.15. The van der Waals surface area contributed by atoms with Crippen molar-refractivity contribution in [3.05, 3.63) is 61.7 Å². The number of hydrazone groups is 1. The molecule has 4 atom stereocenters. The number of phenolic OH excluding ortho intramolecular Hbond substituents is 1. The molecule has 12 heteroatoms. The molecule has 0 aliphatic heterocycles. The van der Waals surface area contributed by atoms with E-state index in [9.17, 15) is 30.5 Å². The number of anilines is 1. The van der Waals surface area contributed by atoms with Crippen LogP contribution in [0.15, 0.2) is 40.6 Å². The number of rotatable bonds is 5. The fraction of sp³-hybridized carbons (Fsp3) is 0.440. The van der Waals surface area contributed by atoms with Gasteiger partial charge >= 0.3 is 5.69 Å². The summed E-state index contributed by atoms with van der Waals surface area (Å²) in [5.74, 6) is 0.935. The van der Waals surface area contributed by atoms with Gasteiger partial charge in [-0.25, -0.2) is 0 Å². The number of nitrogens with zero attached hydrogens (tertiary/aromatic N) is 4. The van der Waals surface area contributed by atoms with Crippen LogP contribution in [0.3, 0.4) is 0 Å². The molecule has 2 aromatic carbocycles. The van der Waals surface area contributed by atoms with E-state index in [1.165, 1.54) is 19.2 Å². The van der Waals surface area contributed by atoms with Crippen molar-refractivity contribution in [3.8, 4) is 11.5 Å². The van der Waals surface area contributed by atoms with Crippen molar-refractivity contribution in [1.29, 1.82) is 0 Å². The van der Waals surface area contributed by atoms with Gasteiger partial charge in [0.25, 0.3) is 5.69 Å². The van der Waals surface area contributed by atoms with Gasteiger partial charge in [-0.05, 0) is 73.6 Å². The Bertz CT molecular complexity index is 1360. The van der Waals surface area contributed by atoms with Crippen LogP contribution >= 0.6 is 0 Å². The van der Waals surface area contributed by atoms with Crippen LogP contribution < -0.4 is 10.2 Å². The van der Waals surface area contributed by atoms with E-state index < -0.39 is 21.2 Å². The number of ether oxygens (including phenoxy) is 1. The minimum Gasteiger partial charge on any atom is -0.504 e. The second-order valence-electron chi connectivity index (χ2n) is 10.1. The summed E-state index contributed by atoms with van der Waals surface area (Å²) in [5.41, 5.74) is 4.85. The number of nitro groups is 2. The minimum atomic E-state index is -0.697. The lowest BCUT2D eigenvalue weighted by Gasteiger charge is -2.49. The average Bonchev–Trinajstić information content (AvgIpc) is 3.23. The Balaban J connectivity index is 1.58. The van der Waals surface area contributed by atoms with Crippen molar-refractivity contribution in [2.75, 3.05) is 12.5 Å². The molecule has 3 N–H and O–H groups in total. The standard InChI is InChI=1S/C25H27N5O7/c1-25-8-7-14-15-12-23(37-2)22(31)11-17(15)20(10-16(14)18(25)4-6-24(25)28-32)27-26-19-5-3-13(29(33)34)9-21(19)30(35)36/h3,5,9,11-12,14,16,18,26,31-32H,4,6-8,10H2,1-2H3/b27-20+,28-24+/t14-,16-,18?,25+/m1/s1. The molecule has 0 aromatic heterocycles. The third-order valence-electron chi connectivity index (χ3n) is 8.49. The van der Waals surface area contributed by atoms with Gasteiger partial charge in [0.15, 0.2) is 11.5 Å². The van der Waals surface area contributed by atoms with E-state index in [4.69, 9.17) is 4.74 Å². The zero-order valence-electron chi connectivity index (χ0n) is 20.4. The lowest BCUT2D eigenvalue weighted by molar-refractivity contribution is -0.393. The molecule has 0 amide bonds.